The second-order valence-corrected chi connectivity index (χ2v) is 16.9. The van der Waals surface area contributed by atoms with E-state index in [2.05, 4.69) is 152 Å². The van der Waals surface area contributed by atoms with Gasteiger partial charge in [-0.3, -0.25) is 4.57 Å². The van der Waals surface area contributed by atoms with Crippen molar-refractivity contribution >= 4 is 21.8 Å². The van der Waals surface area contributed by atoms with Crippen molar-refractivity contribution in [3.8, 4) is 28.7 Å². The first-order valence-corrected chi connectivity index (χ1v) is 17.7. The third-order valence-electron chi connectivity index (χ3n) is 9.72. The van der Waals surface area contributed by atoms with Crippen LogP contribution >= 0.6 is 0 Å². The van der Waals surface area contributed by atoms with Crippen molar-refractivity contribution in [1.29, 1.82) is 0 Å². The number of hydrogen-bond donors (Lipinski definition) is 0. The number of nitrogens with zero attached hydrogens (tertiary/aromatic N) is 4. The number of fused-ring (bicyclic) bond motifs is 3. The quantitative estimate of drug-likeness (QED) is 0.128. The minimum atomic E-state index is 0. The average molecular weight is 868 g/mol. The number of aromatic nitrogens is 4. The molecule has 0 amide bonds. The number of hydrogen-bond acceptors (Lipinski definition) is 2. The van der Waals surface area contributed by atoms with E-state index in [4.69, 9.17) is 9.72 Å². The number of rotatable bonds is 5. The number of benzene rings is 4. The fourth-order valence-electron chi connectivity index (χ4n) is 6.51. The van der Waals surface area contributed by atoms with Crippen molar-refractivity contribution in [3.63, 3.8) is 0 Å². The van der Waals surface area contributed by atoms with Gasteiger partial charge in [-0.25, -0.2) is 4.98 Å². The first kappa shape index (κ1) is 37.2. The van der Waals surface area contributed by atoms with Crippen LogP contribution in [0.3, 0.4) is 0 Å². The Hall–Kier alpha value is -4.60. The number of pyridine rings is 1. The number of aryl methyl sites for hydroxylation is 1. The van der Waals surface area contributed by atoms with Crippen LogP contribution in [-0.4, -0.2) is 14.1 Å². The molecule has 3 aromatic heterocycles. The Morgan fingerprint density at radius 3 is 2.06 bits per heavy atom. The molecule has 6 heteroatoms. The number of ether oxygens (including phenoxy) is 1. The van der Waals surface area contributed by atoms with Crippen LogP contribution in [0.5, 0.6) is 11.5 Å². The van der Waals surface area contributed by atoms with Gasteiger partial charge in [0.2, 0.25) is 0 Å². The second-order valence-electron chi connectivity index (χ2n) is 16.9. The normalized spacial score (nSPS) is 12.3. The van der Waals surface area contributed by atoms with Gasteiger partial charge in [-0.05, 0) is 97.4 Å². The van der Waals surface area contributed by atoms with E-state index in [0.29, 0.717) is 11.5 Å². The number of imidazole rings is 1. The standard InChI is InChI=1S/C46H48N4O.Pt/c1-30-15-20-42(47-28-30)50-40-26-32(44(3,4)5)16-17-38(40)39-18-19-41(31(2)43(39)50)51-37-14-12-13-35(27-37)48-21-22-49(29-48)36-24-33(45(6,7)8)23-34(25-36)46(9,10)11;/h12-26,28H,2H2,1,3-11H3;/q-2;. The van der Waals surface area contributed by atoms with E-state index >= 15 is 0 Å². The van der Waals surface area contributed by atoms with Crippen molar-refractivity contribution in [2.24, 2.45) is 0 Å². The maximum absolute atomic E-state index is 6.58. The molecular formula is C46H48N4OPt-2. The van der Waals surface area contributed by atoms with E-state index < -0.39 is 0 Å². The van der Waals surface area contributed by atoms with Crippen LogP contribution in [0.15, 0.2) is 97.5 Å². The van der Waals surface area contributed by atoms with Crippen LogP contribution in [0.1, 0.15) is 90.1 Å². The summed E-state index contributed by atoms with van der Waals surface area (Å²) in [6.45, 7) is 26.9. The van der Waals surface area contributed by atoms with Gasteiger partial charge in [0.05, 0.1) is 5.69 Å². The molecule has 5 nitrogen and oxygen atoms in total. The maximum atomic E-state index is 6.58. The Labute approximate surface area is 323 Å². The smallest absolute Gasteiger partial charge is 0.267 e. The molecule has 0 atom stereocenters. The van der Waals surface area contributed by atoms with Gasteiger partial charge in [0.25, 0.3) is 6.33 Å². The zero-order chi connectivity index (χ0) is 36.5. The predicted octanol–water partition coefficient (Wildman–Crippen LogP) is 11.0. The van der Waals surface area contributed by atoms with Gasteiger partial charge in [0.15, 0.2) is 0 Å². The Bertz CT molecular complexity index is 2380. The van der Waals surface area contributed by atoms with E-state index in [-0.39, 0.29) is 37.3 Å². The Morgan fingerprint density at radius 1 is 0.750 bits per heavy atom. The fraction of sp³-hybridized carbons (Fsp3) is 0.283. The predicted molar refractivity (Wildman–Crippen MR) is 209 cm³/mol. The van der Waals surface area contributed by atoms with Crippen molar-refractivity contribution < 1.29 is 30.4 Å². The van der Waals surface area contributed by atoms with Crippen molar-refractivity contribution in [1.82, 2.24) is 14.1 Å². The molecule has 0 radical (unpaired) electrons. The molecule has 270 valence electrons. The summed E-state index contributed by atoms with van der Waals surface area (Å²) in [5, 5.41) is 2.27. The zero-order valence-electron chi connectivity index (χ0n) is 32.0. The average Bonchev–Trinajstić information content (AvgIpc) is 3.69. The molecule has 0 aliphatic heterocycles. The van der Waals surface area contributed by atoms with Crippen molar-refractivity contribution in [2.45, 2.75) is 85.5 Å². The molecule has 0 aliphatic rings. The van der Waals surface area contributed by atoms with E-state index in [1.54, 1.807) is 0 Å². The molecule has 0 aliphatic carbocycles. The molecule has 7 aromatic rings. The molecule has 7 rings (SSSR count). The summed E-state index contributed by atoms with van der Waals surface area (Å²) < 4.78 is 12.8. The van der Waals surface area contributed by atoms with Gasteiger partial charge >= 0.3 is 0 Å². The maximum Gasteiger partial charge on any atom is 0.267 e. The summed E-state index contributed by atoms with van der Waals surface area (Å²) in [6.07, 6.45) is 9.48. The third-order valence-corrected chi connectivity index (χ3v) is 9.72. The summed E-state index contributed by atoms with van der Waals surface area (Å²) in [5.74, 6) is 2.12. The fourth-order valence-corrected chi connectivity index (χ4v) is 6.51. The minimum Gasteiger partial charge on any atom is -0.541 e. The van der Waals surface area contributed by atoms with Gasteiger partial charge in [-0.15, -0.1) is 17.7 Å². The SMILES string of the molecule is [CH2-]c1c(Oc2[c-]c(-n3[c-][n+](-c4cc(C(C)(C)C)cc(C(C)(C)C)c4)cc3)ccc2)ccc2c3ccc(C(C)(C)C)cc3n(-c3ccc(C)cn3)c12.[Pt]. The topological polar surface area (TPSA) is 35.9 Å². The monoisotopic (exact) mass is 867 g/mol. The molecule has 4 aromatic carbocycles. The summed E-state index contributed by atoms with van der Waals surface area (Å²) in [4.78, 5) is 4.85. The van der Waals surface area contributed by atoms with Gasteiger partial charge in [-0.1, -0.05) is 98.7 Å². The Balaban J connectivity index is 0.00000464. The summed E-state index contributed by atoms with van der Waals surface area (Å²) in [6, 6.07) is 31.3. The van der Waals surface area contributed by atoms with E-state index in [0.717, 1.165) is 50.1 Å². The molecule has 0 N–H and O–H groups in total. The van der Waals surface area contributed by atoms with Crippen molar-refractivity contribution in [3.05, 3.63) is 145 Å². The molecular weight excluding hydrogens is 820 g/mol. The van der Waals surface area contributed by atoms with Crippen LogP contribution < -0.4 is 9.30 Å². The minimum absolute atomic E-state index is 0. The van der Waals surface area contributed by atoms with Crippen molar-refractivity contribution in [2.75, 3.05) is 0 Å². The van der Waals surface area contributed by atoms with Gasteiger partial charge in [0, 0.05) is 50.9 Å². The van der Waals surface area contributed by atoms with E-state index in [9.17, 15) is 0 Å². The summed E-state index contributed by atoms with van der Waals surface area (Å²) in [5.41, 5.74) is 9.81. The molecule has 0 saturated carbocycles. The molecule has 0 bridgehead atoms. The van der Waals surface area contributed by atoms with Crippen LogP contribution in [0.4, 0.5) is 0 Å². The Kier molecular flexibility index (Phi) is 9.59. The molecule has 0 spiro atoms. The first-order valence-electron chi connectivity index (χ1n) is 17.7. The van der Waals surface area contributed by atoms with Crippen LogP contribution in [0.25, 0.3) is 39.0 Å². The van der Waals surface area contributed by atoms with Gasteiger partial charge < -0.3 is 13.9 Å². The molecule has 0 unspecified atom stereocenters. The van der Waals surface area contributed by atoms with E-state index in [1.165, 1.54) is 16.7 Å². The molecule has 3 heterocycles. The van der Waals surface area contributed by atoms with Crippen LogP contribution in [-0.2, 0) is 37.3 Å². The van der Waals surface area contributed by atoms with Gasteiger partial charge in [-0.2, -0.15) is 19.1 Å². The zero-order valence-corrected chi connectivity index (χ0v) is 34.2. The third kappa shape index (κ3) is 7.08. The summed E-state index contributed by atoms with van der Waals surface area (Å²) >= 11 is 0. The van der Waals surface area contributed by atoms with E-state index in [1.807, 2.05) is 47.4 Å². The summed E-state index contributed by atoms with van der Waals surface area (Å²) in [7, 11) is 0. The Morgan fingerprint density at radius 2 is 1.42 bits per heavy atom. The first-order chi connectivity index (χ1) is 24.0. The second kappa shape index (κ2) is 13.4. The van der Waals surface area contributed by atoms with Crippen LogP contribution in [0.2, 0.25) is 0 Å². The molecule has 0 fully saturated rings. The molecule has 52 heavy (non-hydrogen) atoms. The largest absolute Gasteiger partial charge is 0.541 e. The van der Waals surface area contributed by atoms with Crippen LogP contribution in [0, 0.1) is 26.2 Å². The molecule has 0 saturated heterocycles. The van der Waals surface area contributed by atoms with Gasteiger partial charge in [0.1, 0.15) is 5.82 Å².